The Hall–Kier alpha value is -3.26. The van der Waals surface area contributed by atoms with E-state index in [1.54, 1.807) is 18.2 Å². The first-order valence-corrected chi connectivity index (χ1v) is 8.26. The molecule has 2 aromatic carbocycles. The minimum absolute atomic E-state index is 0.0153. The number of aromatic hydroxyl groups is 3. The third-order valence-corrected chi connectivity index (χ3v) is 3.69. The number of carbonyl (C=O) groups is 2. The Morgan fingerprint density at radius 1 is 0.926 bits per heavy atom. The number of phenolic OH excluding ortho intramolecular Hbond substituents is 3. The molecule has 0 aromatic heterocycles. The monoisotopic (exact) mass is 375 g/mol. The van der Waals surface area contributed by atoms with Crippen LogP contribution >= 0.6 is 0 Å². The molecule has 0 unspecified atom stereocenters. The Labute approximate surface area is 155 Å². The van der Waals surface area contributed by atoms with Gasteiger partial charge in [0.2, 0.25) is 0 Å². The van der Waals surface area contributed by atoms with Crippen LogP contribution in [-0.4, -0.2) is 46.5 Å². The topological polar surface area (TPSA) is 139 Å². The molecule has 5 N–H and O–H groups in total. The normalized spacial score (nSPS) is 11.6. The van der Waals surface area contributed by atoms with Crippen molar-refractivity contribution in [1.29, 1.82) is 0 Å². The van der Waals surface area contributed by atoms with Crippen LogP contribution in [0.15, 0.2) is 42.5 Å². The smallest absolute Gasteiger partial charge is 0.341 e. The maximum absolute atomic E-state index is 11.9. The third kappa shape index (κ3) is 5.89. The fraction of sp³-hybridized carbons (Fsp3) is 0.263. The summed E-state index contributed by atoms with van der Waals surface area (Å²) in [6.07, 6.45) is 0.409. The Kier molecular flexibility index (Phi) is 7.01. The summed E-state index contributed by atoms with van der Waals surface area (Å²) < 4.78 is 10.0. The van der Waals surface area contributed by atoms with Crippen LogP contribution in [0.1, 0.15) is 22.3 Å². The quantitative estimate of drug-likeness (QED) is 0.309. The minimum Gasteiger partial charge on any atom is -0.507 e. The predicted octanol–water partition coefficient (Wildman–Crippen LogP) is 1.46. The van der Waals surface area contributed by atoms with Crippen LogP contribution in [0.5, 0.6) is 17.2 Å². The van der Waals surface area contributed by atoms with Gasteiger partial charge in [-0.1, -0.05) is 18.2 Å². The second kappa shape index (κ2) is 9.44. The number of rotatable bonds is 8. The van der Waals surface area contributed by atoms with Crippen molar-refractivity contribution in [3.63, 3.8) is 0 Å². The van der Waals surface area contributed by atoms with Crippen molar-refractivity contribution < 1.29 is 34.4 Å². The molecular weight excluding hydrogens is 354 g/mol. The van der Waals surface area contributed by atoms with E-state index in [9.17, 15) is 24.9 Å². The van der Waals surface area contributed by atoms with Gasteiger partial charge in [0.1, 0.15) is 17.4 Å². The molecule has 8 heteroatoms. The first kappa shape index (κ1) is 20.1. The molecule has 0 aliphatic heterocycles. The van der Waals surface area contributed by atoms with Gasteiger partial charge >= 0.3 is 11.9 Å². The van der Waals surface area contributed by atoms with Gasteiger partial charge in [0.15, 0.2) is 11.5 Å². The van der Waals surface area contributed by atoms with E-state index in [0.29, 0.717) is 5.56 Å². The van der Waals surface area contributed by atoms with Crippen LogP contribution in [0.2, 0.25) is 0 Å². The number of nitrogens with two attached hydrogens (primary N) is 1. The van der Waals surface area contributed by atoms with Crippen LogP contribution in [0.3, 0.4) is 0 Å². The molecule has 2 aromatic rings. The third-order valence-electron chi connectivity index (χ3n) is 3.69. The number of benzene rings is 2. The van der Waals surface area contributed by atoms with Crippen molar-refractivity contribution in [2.45, 2.75) is 18.9 Å². The lowest BCUT2D eigenvalue weighted by molar-refractivity contribution is -0.145. The molecule has 0 aliphatic carbocycles. The van der Waals surface area contributed by atoms with Gasteiger partial charge in [0, 0.05) is 6.42 Å². The molecule has 0 saturated carbocycles. The minimum atomic E-state index is -0.933. The van der Waals surface area contributed by atoms with Gasteiger partial charge in [0.05, 0.1) is 13.2 Å². The maximum atomic E-state index is 11.9. The number of hydrogen-bond acceptors (Lipinski definition) is 8. The molecule has 1 atom stereocenters. The van der Waals surface area contributed by atoms with E-state index in [0.717, 1.165) is 0 Å². The number of hydrogen-bond donors (Lipinski definition) is 4. The van der Waals surface area contributed by atoms with Gasteiger partial charge in [-0.2, -0.15) is 0 Å². The summed E-state index contributed by atoms with van der Waals surface area (Å²) in [4.78, 5) is 23.6. The van der Waals surface area contributed by atoms with E-state index in [4.69, 9.17) is 15.2 Å². The zero-order chi connectivity index (χ0) is 19.8. The lowest BCUT2D eigenvalue weighted by Crippen LogP contribution is -2.34. The van der Waals surface area contributed by atoms with E-state index in [-0.39, 0.29) is 48.9 Å². The maximum Gasteiger partial charge on any atom is 0.341 e. The molecule has 0 amide bonds. The molecule has 0 saturated heterocycles. The number of phenols is 3. The number of para-hydroxylation sites is 1. The molecule has 0 fully saturated rings. The first-order chi connectivity index (χ1) is 12.9. The lowest BCUT2D eigenvalue weighted by atomic mass is 10.1. The van der Waals surface area contributed by atoms with Gasteiger partial charge in [-0.3, -0.25) is 4.79 Å². The van der Waals surface area contributed by atoms with E-state index < -0.39 is 18.0 Å². The summed E-state index contributed by atoms with van der Waals surface area (Å²) in [6, 6.07) is 9.26. The first-order valence-electron chi connectivity index (χ1n) is 8.26. The van der Waals surface area contributed by atoms with Crippen molar-refractivity contribution in [2.75, 3.05) is 13.2 Å². The highest BCUT2D eigenvalue weighted by Crippen LogP contribution is 2.25. The Bertz CT molecular complexity index is 806. The number of ether oxygens (including phenoxy) is 2. The molecular formula is C19H21NO7. The Balaban J connectivity index is 1.68. The largest absolute Gasteiger partial charge is 0.507 e. The molecule has 8 nitrogen and oxygen atoms in total. The van der Waals surface area contributed by atoms with Gasteiger partial charge < -0.3 is 30.5 Å². The summed E-state index contributed by atoms with van der Waals surface area (Å²) in [6.45, 7) is 0.0307. The number of esters is 2. The molecule has 144 valence electrons. The van der Waals surface area contributed by atoms with Crippen LogP contribution in [-0.2, 0) is 20.7 Å². The second-order valence-electron chi connectivity index (χ2n) is 5.81. The summed E-state index contributed by atoms with van der Waals surface area (Å²) in [5.74, 6) is -2.01. The highest BCUT2D eigenvalue weighted by molar-refractivity contribution is 5.92. The average Bonchev–Trinajstić information content (AvgIpc) is 2.64. The van der Waals surface area contributed by atoms with Crippen molar-refractivity contribution in [1.82, 2.24) is 0 Å². The molecule has 0 radical (unpaired) electrons. The highest BCUT2D eigenvalue weighted by atomic mass is 16.5. The zero-order valence-electron chi connectivity index (χ0n) is 14.5. The Morgan fingerprint density at radius 3 is 2.33 bits per heavy atom. The zero-order valence-corrected chi connectivity index (χ0v) is 14.5. The fourth-order valence-corrected chi connectivity index (χ4v) is 2.26. The molecule has 27 heavy (non-hydrogen) atoms. The van der Waals surface area contributed by atoms with Gasteiger partial charge in [-0.25, -0.2) is 4.79 Å². The van der Waals surface area contributed by atoms with E-state index in [1.807, 2.05) is 0 Å². The summed E-state index contributed by atoms with van der Waals surface area (Å²) in [7, 11) is 0. The van der Waals surface area contributed by atoms with Crippen LogP contribution in [0, 0.1) is 0 Å². The van der Waals surface area contributed by atoms with Crippen molar-refractivity contribution in [2.24, 2.45) is 5.73 Å². The van der Waals surface area contributed by atoms with Crippen molar-refractivity contribution in [3.8, 4) is 17.2 Å². The van der Waals surface area contributed by atoms with Crippen molar-refractivity contribution in [3.05, 3.63) is 53.6 Å². The van der Waals surface area contributed by atoms with Gasteiger partial charge in [-0.05, 0) is 36.2 Å². The predicted molar refractivity (Wildman–Crippen MR) is 95.4 cm³/mol. The standard InChI is InChI=1S/C19H21NO7/c20-14(10-12-6-7-16(22)17(23)11-12)19(25)27-9-3-8-26-18(24)13-4-1-2-5-15(13)21/h1-2,4-7,11,14,21-23H,3,8-10,20H2/t14-/m0/s1. The van der Waals surface area contributed by atoms with Gasteiger partial charge in [-0.15, -0.1) is 0 Å². The summed E-state index contributed by atoms with van der Waals surface area (Å²) in [5, 5.41) is 28.2. The van der Waals surface area contributed by atoms with E-state index in [2.05, 4.69) is 0 Å². The van der Waals surface area contributed by atoms with Crippen LogP contribution in [0.4, 0.5) is 0 Å². The molecule has 0 spiro atoms. The molecule has 0 heterocycles. The SMILES string of the molecule is N[C@@H](Cc1ccc(O)c(O)c1)C(=O)OCCCOC(=O)c1ccccc1O. The molecule has 2 rings (SSSR count). The lowest BCUT2D eigenvalue weighted by Gasteiger charge is -2.12. The van der Waals surface area contributed by atoms with E-state index >= 15 is 0 Å². The van der Waals surface area contributed by atoms with Crippen molar-refractivity contribution >= 4 is 11.9 Å². The molecule has 0 bridgehead atoms. The highest BCUT2D eigenvalue weighted by Gasteiger charge is 2.17. The average molecular weight is 375 g/mol. The van der Waals surface area contributed by atoms with Crippen LogP contribution < -0.4 is 5.73 Å². The van der Waals surface area contributed by atoms with E-state index in [1.165, 1.54) is 24.3 Å². The number of carbonyl (C=O) groups excluding carboxylic acids is 2. The second-order valence-corrected chi connectivity index (χ2v) is 5.81. The fourth-order valence-electron chi connectivity index (χ4n) is 2.26. The molecule has 0 aliphatic rings. The summed E-state index contributed by atoms with van der Waals surface area (Å²) >= 11 is 0. The van der Waals surface area contributed by atoms with Crippen LogP contribution in [0.25, 0.3) is 0 Å². The Morgan fingerprint density at radius 2 is 1.63 bits per heavy atom. The van der Waals surface area contributed by atoms with Gasteiger partial charge in [0.25, 0.3) is 0 Å². The summed E-state index contributed by atoms with van der Waals surface area (Å²) in [5.41, 5.74) is 6.40.